The average molecular weight is 403 g/mol. The molecule has 2 heterocycles. The van der Waals surface area contributed by atoms with Crippen molar-refractivity contribution >= 4 is 18.2 Å². The Labute approximate surface area is 171 Å². The van der Waals surface area contributed by atoms with E-state index in [4.69, 9.17) is 18.9 Å². The molecule has 0 bridgehead atoms. The van der Waals surface area contributed by atoms with E-state index in [1.165, 1.54) is 0 Å². The van der Waals surface area contributed by atoms with Gasteiger partial charge in [0.25, 0.3) is 0 Å². The molecule has 0 N–H and O–H groups in total. The van der Waals surface area contributed by atoms with Crippen LogP contribution in [0.5, 0.6) is 0 Å². The maximum absolute atomic E-state index is 13.1. The Morgan fingerprint density at radius 1 is 1.31 bits per heavy atom. The minimum Gasteiger partial charge on any atom is -0.481 e. The number of esters is 1. The smallest absolute Gasteiger partial charge is 0.345 e. The standard InChI is InChI=1S/C22H29NO6/c1-6-26-18-16-12-17(27-13-15-10-8-7-9-11-15)28-21(16,5)22(14-24,23-18)19(25)29-20(2,3)4/h7-11,14,16-17H,6,12-13H2,1-5H3/t16-,17+,21-,22-/m0/s1. The van der Waals surface area contributed by atoms with Crippen molar-refractivity contribution in [3.63, 3.8) is 0 Å². The van der Waals surface area contributed by atoms with Gasteiger partial charge in [-0.3, -0.25) is 4.79 Å². The molecule has 7 heteroatoms. The first kappa shape index (κ1) is 21.5. The summed E-state index contributed by atoms with van der Waals surface area (Å²) in [6.45, 7) is 9.48. The Hall–Kier alpha value is -2.25. The molecule has 0 radical (unpaired) electrons. The Kier molecular flexibility index (Phi) is 5.83. The van der Waals surface area contributed by atoms with Gasteiger partial charge in [-0.05, 0) is 40.2 Å². The third kappa shape index (κ3) is 3.94. The zero-order chi connectivity index (χ0) is 21.3. The van der Waals surface area contributed by atoms with E-state index in [0.29, 0.717) is 31.8 Å². The van der Waals surface area contributed by atoms with E-state index in [2.05, 4.69) is 4.99 Å². The molecule has 0 unspecified atom stereocenters. The van der Waals surface area contributed by atoms with Crippen LogP contribution in [0.25, 0.3) is 0 Å². The van der Waals surface area contributed by atoms with E-state index in [1.807, 2.05) is 37.3 Å². The lowest BCUT2D eigenvalue weighted by molar-refractivity contribution is -0.200. The van der Waals surface area contributed by atoms with Gasteiger partial charge in [-0.15, -0.1) is 0 Å². The first-order valence-corrected chi connectivity index (χ1v) is 9.91. The highest BCUT2D eigenvalue weighted by Gasteiger charge is 2.70. The van der Waals surface area contributed by atoms with Crippen molar-refractivity contribution in [2.45, 2.75) is 70.7 Å². The van der Waals surface area contributed by atoms with Crippen LogP contribution in [0.4, 0.5) is 0 Å². The molecule has 0 aromatic heterocycles. The summed E-state index contributed by atoms with van der Waals surface area (Å²) in [6.07, 6.45) is 0.346. The second-order valence-electron chi connectivity index (χ2n) is 8.51. The second-order valence-corrected chi connectivity index (χ2v) is 8.51. The van der Waals surface area contributed by atoms with Gasteiger partial charge < -0.3 is 18.9 Å². The van der Waals surface area contributed by atoms with E-state index in [-0.39, 0.29) is 5.92 Å². The quantitative estimate of drug-likeness (QED) is 0.412. The lowest BCUT2D eigenvalue weighted by atomic mass is 9.76. The summed E-state index contributed by atoms with van der Waals surface area (Å²) in [5.41, 5.74) is -2.85. The van der Waals surface area contributed by atoms with Crippen molar-refractivity contribution in [1.29, 1.82) is 0 Å². The molecule has 3 rings (SSSR count). The molecule has 158 valence electrons. The third-order valence-electron chi connectivity index (χ3n) is 5.26. The van der Waals surface area contributed by atoms with Crippen LogP contribution in [0.2, 0.25) is 0 Å². The van der Waals surface area contributed by atoms with Gasteiger partial charge in [0.05, 0.1) is 19.1 Å². The molecule has 2 aliphatic rings. The fourth-order valence-corrected chi connectivity index (χ4v) is 3.82. The van der Waals surface area contributed by atoms with Gasteiger partial charge in [0.1, 0.15) is 11.2 Å². The van der Waals surface area contributed by atoms with Gasteiger partial charge in [0, 0.05) is 6.42 Å². The summed E-state index contributed by atoms with van der Waals surface area (Å²) in [4.78, 5) is 29.7. The number of aliphatic imine (C=N–C) groups is 1. The van der Waals surface area contributed by atoms with Crippen LogP contribution < -0.4 is 0 Å². The topological polar surface area (TPSA) is 83.4 Å². The van der Waals surface area contributed by atoms with Gasteiger partial charge in [0.15, 0.2) is 18.5 Å². The van der Waals surface area contributed by atoms with E-state index < -0.39 is 29.0 Å². The molecular formula is C22H29NO6. The van der Waals surface area contributed by atoms with Crippen molar-refractivity contribution in [2.24, 2.45) is 10.9 Å². The molecule has 1 fully saturated rings. The summed E-state index contributed by atoms with van der Waals surface area (Å²) in [5.74, 6) is -0.800. The average Bonchev–Trinajstić information content (AvgIpc) is 3.11. The number of carbonyl (C=O) groups excluding carboxylic acids is 2. The number of fused-ring (bicyclic) bond motifs is 1. The summed E-state index contributed by atoms with van der Waals surface area (Å²) in [5, 5.41) is 0. The number of carbonyl (C=O) groups is 2. The summed E-state index contributed by atoms with van der Waals surface area (Å²) < 4.78 is 23.3. The van der Waals surface area contributed by atoms with E-state index >= 15 is 0 Å². The van der Waals surface area contributed by atoms with Gasteiger partial charge in [-0.25, -0.2) is 9.79 Å². The van der Waals surface area contributed by atoms with E-state index in [9.17, 15) is 9.59 Å². The number of ether oxygens (including phenoxy) is 4. The molecule has 29 heavy (non-hydrogen) atoms. The number of benzene rings is 1. The van der Waals surface area contributed by atoms with Gasteiger partial charge in [0.2, 0.25) is 5.54 Å². The van der Waals surface area contributed by atoms with Crippen molar-refractivity contribution in [1.82, 2.24) is 0 Å². The maximum atomic E-state index is 13.1. The van der Waals surface area contributed by atoms with Crippen molar-refractivity contribution in [3.05, 3.63) is 35.9 Å². The molecule has 0 saturated carbocycles. The molecule has 7 nitrogen and oxygen atoms in total. The molecule has 2 aliphatic heterocycles. The SMILES string of the molecule is CCOC1=N[C@@](C=O)(C(=O)OC(C)(C)C)[C@@]2(C)O[C@@H](OCc3ccccc3)C[C@@H]12. The monoisotopic (exact) mass is 403 g/mol. The van der Waals surface area contributed by atoms with Crippen LogP contribution in [0.15, 0.2) is 35.3 Å². The first-order chi connectivity index (χ1) is 13.6. The molecule has 0 aliphatic carbocycles. The van der Waals surface area contributed by atoms with Crippen LogP contribution >= 0.6 is 0 Å². The van der Waals surface area contributed by atoms with Gasteiger partial charge >= 0.3 is 5.97 Å². The highest BCUT2D eigenvalue weighted by atomic mass is 16.7. The number of nitrogens with zero attached hydrogens (tertiary/aromatic N) is 1. The summed E-state index contributed by atoms with van der Waals surface area (Å²) in [6, 6.07) is 9.72. The number of hydrogen-bond acceptors (Lipinski definition) is 7. The third-order valence-corrected chi connectivity index (χ3v) is 5.26. The zero-order valence-electron chi connectivity index (χ0n) is 17.6. The summed E-state index contributed by atoms with van der Waals surface area (Å²) >= 11 is 0. The highest BCUT2D eigenvalue weighted by molar-refractivity contribution is 6.06. The minimum atomic E-state index is -1.83. The van der Waals surface area contributed by atoms with Crippen molar-refractivity contribution in [2.75, 3.05) is 6.61 Å². The van der Waals surface area contributed by atoms with Crippen LogP contribution in [-0.4, -0.2) is 47.8 Å². The first-order valence-electron chi connectivity index (χ1n) is 9.91. The number of rotatable bonds is 6. The Bertz CT molecular complexity index is 786. The van der Waals surface area contributed by atoms with Gasteiger partial charge in [-0.1, -0.05) is 30.3 Å². The minimum absolute atomic E-state index is 0.332. The molecular weight excluding hydrogens is 374 g/mol. The second kappa shape index (κ2) is 7.88. The molecule has 0 spiro atoms. The molecule has 1 saturated heterocycles. The van der Waals surface area contributed by atoms with Gasteiger partial charge in [-0.2, -0.15) is 0 Å². The fourth-order valence-electron chi connectivity index (χ4n) is 3.82. The molecule has 4 atom stereocenters. The maximum Gasteiger partial charge on any atom is 0.345 e. The van der Waals surface area contributed by atoms with Crippen LogP contribution in [0.1, 0.15) is 46.6 Å². The van der Waals surface area contributed by atoms with Crippen LogP contribution in [0.3, 0.4) is 0 Å². The van der Waals surface area contributed by atoms with Crippen molar-refractivity contribution in [3.8, 4) is 0 Å². The molecule has 0 amide bonds. The highest BCUT2D eigenvalue weighted by Crippen LogP contribution is 2.51. The van der Waals surface area contributed by atoms with Crippen LogP contribution in [0, 0.1) is 5.92 Å². The van der Waals surface area contributed by atoms with Crippen molar-refractivity contribution < 1.29 is 28.5 Å². The lowest BCUT2D eigenvalue weighted by Gasteiger charge is -2.36. The predicted octanol–water partition coefficient (Wildman–Crippen LogP) is 3.05. The van der Waals surface area contributed by atoms with E-state index in [0.717, 1.165) is 5.56 Å². The Morgan fingerprint density at radius 2 is 2.00 bits per heavy atom. The lowest BCUT2D eigenvalue weighted by Crippen LogP contribution is -2.59. The molecule has 1 aromatic carbocycles. The zero-order valence-corrected chi connectivity index (χ0v) is 17.6. The largest absolute Gasteiger partial charge is 0.481 e. The van der Waals surface area contributed by atoms with E-state index in [1.54, 1.807) is 27.7 Å². The number of hydrogen-bond donors (Lipinski definition) is 0. The van der Waals surface area contributed by atoms with Crippen LogP contribution in [-0.2, 0) is 35.1 Å². The summed E-state index contributed by atoms with van der Waals surface area (Å²) in [7, 11) is 0. The Morgan fingerprint density at radius 3 is 2.59 bits per heavy atom. The normalized spacial score (nSPS) is 31.1. The number of aldehydes is 1. The Balaban J connectivity index is 1.86. The fraction of sp³-hybridized carbons (Fsp3) is 0.591. The predicted molar refractivity (Wildman–Crippen MR) is 106 cm³/mol. The molecule has 1 aromatic rings.